The first-order chi connectivity index (χ1) is 9.81. The minimum absolute atomic E-state index is 0.00740. The highest BCUT2D eigenvalue weighted by molar-refractivity contribution is 7.89. The van der Waals surface area contributed by atoms with Gasteiger partial charge in [-0.15, -0.1) is 0 Å². The number of carboxylic acids is 1. The monoisotopic (exact) mass is 310 g/mol. The number of nitrogens with zero attached hydrogens (tertiary/aromatic N) is 1. The van der Waals surface area contributed by atoms with Crippen molar-refractivity contribution in [1.29, 1.82) is 5.26 Å². The molecule has 0 amide bonds. The lowest BCUT2D eigenvalue weighted by atomic mass is 9.83. The van der Waals surface area contributed by atoms with Crippen LogP contribution in [0.3, 0.4) is 0 Å². The molecule has 0 atom stereocenters. The quantitative estimate of drug-likeness (QED) is 0.797. The number of aliphatic carboxylic acids is 1. The summed E-state index contributed by atoms with van der Waals surface area (Å²) in [6.07, 6.45) is 0.656. The topological polar surface area (TPSA) is 107 Å². The fourth-order valence-electron chi connectivity index (χ4n) is 1.90. The summed E-state index contributed by atoms with van der Waals surface area (Å²) < 4.78 is 26.6. The number of carboxylic acid groups (broad SMARTS) is 1. The summed E-state index contributed by atoms with van der Waals surface area (Å²) in [5.41, 5.74) is -0.754. The summed E-state index contributed by atoms with van der Waals surface area (Å²) in [5.74, 6) is -1.02. The summed E-state index contributed by atoms with van der Waals surface area (Å²) >= 11 is 0. The predicted octanol–water partition coefficient (Wildman–Crippen LogP) is 1.73. The molecule has 0 radical (unpaired) electrons. The number of sulfonamides is 1. The number of rotatable bonds is 7. The molecule has 0 aromatic heterocycles. The Kier molecular flexibility index (Phi) is 5.47. The third-order valence-electron chi connectivity index (χ3n) is 3.70. The number of nitriles is 1. The van der Waals surface area contributed by atoms with Crippen LogP contribution >= 0.6 is 0 Å². The van der Waals surface area contributed by atoms with Gasteiger partial charge in [0.15, 0.2) is 0 Å². The van der Waals surface area contributed by atoms with Gasteiger partial charge < -0.3 is 5.11 Å². The maximum absolute atomic E-state index is 12.1. The van der Waals surface area contributed by atoms with E-state index >= 15 is 0 Å². The summed E-state index contributed by atoms with van der Waals surface area (Å²) in [6.45, 7) is 3.26. The molecule has 0 spiro atoms. The largest absolute Gasteiger partial charge is 0.481 e. The van der Waals surface area contributed by atoms with E-state index in [4.69, 9.17) is 5.26 Å². The van der Waals surface area contributed by atoms with Crippen LogP contribution in [0, 0.1) is 16.7 Å². The highest BCUT2D eigenvalue weighted by Crippen LogP contribution is 2.26. The standard InChI is InChI=1S/C14H18N2O4S/c1-3-14(4-2,13(17)18)10-16-21(19,20)12-7-5-11(9-15)6-8-12/h5-8,16H,3-4,10H2,1-2H3,(H,17,18). The van der Waals surface area contributed by atoms with Gasteiger partial charge in [-0.05, 0) is 37.1 Å². The van der Waals surface area contributed by atoms with Crippen LogP contribution in [0.1, 0.15) is 32.3 Å². The number of nitrogens with one attached hydrogen (secondary N) is 1. The van der Waals surface area contributed by atoms with Crippen LogP contribution in [0.5, 0.6) is 0 Å². The van der Waals surface area contributed by atoms with E-state index in [1.165, 1.54) is 24.3 Å². The van der Waals surface area contributed by atoms with Gasteiger partial charge in [0.2, 0.25) is 10.0 Å². The molecule has 0 bridgehead atoms. The Bertz CT molecular complexity index is 641. The van der Waals surface area contributed by atoms with E-state index in [1.807, 2.05) is 6.07 Å². The number of benzene rings is 1. The van der Waals surface area contributed by atoms with Gasteiger partial charge >= 0.3 is 5.97 Å². The normalized spacial score (nSPS) is 11.9. The number of hydrogen-bond acceptors (Lipinski definition) is 4. The first-order valence-corrected chi connectivity index (χ1v) is 8.03. The van der Waals surface area contributed by atoms with E-state index in [2.05, 4.69) is 4.72 Å². The van der Waals surface area contributed by atoms with E-state index in [9.17, 15) is 18.3 Å². The zero-order valence-electron chi connectivity index (χ0n) is 12.0. The molecule has 0 unspecified atom stereocenters. The first kappa shape index (κ1) is 17.1. The van der Waals surface area contributed by atoms with E-state index < -0.39 is 21.4 Å². The van der Waals surface area contributed by atoms with Crippen LogP contribution in [-0.2, 0) is 14.8 Å². The Morgan fingerprint density at radius 1 is 1.29 bits per heavy atom. The van der Waals surface area contributed by atoms with Crippen molar-refractivity contribution < 1.29 is 18.3 Å². The second-order valence-corrected chi connectivity index (χ2v) is 6.52. The van der Waals surface area contributed by atoms with E-state index in [0.717, 1.165) is 0 Å². The third kappa shape index (κ3) is 3.80. The molecule has 1 aromatic rings. The van der Waals surface area contributed by atoms with Crippen LogP contribution < -0.4 is 4.72 Å². The Morgan fingerprint density at radius 3 is 2.19 bits per heavy atom. The van der Waals surface area contributed by atoms with Gasteiger partial charge in [0.05, 0.1) is 21.9 Å². The highest BCUT2D eigenvalue weighted by Gasteiger charge is 2.36. The zero-order chi connectivity index (χ0) is 16.1. The minimum atomic E-state index is -3.79. The van der Waals surface area contributed by atoms with Crippen LogP contribution in [0.2, 0.25) is 0 Å². The average molecular weight is 310 g/mol. The average Bonchev–Trinajstić information content (AvgIpc) is 2.48. The lowest BCUT2D eigenvalue weighted by Gasteiger charge is -2.26. The van der Waals surface area contributed by atoms with Gasteiger partial charge in [0, 0.05) is 6.54 Å². The second kappa shape index (κ2) is 6.70. The van der Waals surface area contributed by atoms with Crippen LogP contribution in [0.15, 0.2) is 29.2 Å². The zero-order valence-corrected chi connectivity index (χ0v) is 12.8. The van der Waals surface area contributed by atoms with Crippen molar-refractivity contribution in [3.63, 3.8) is 0 Å². The molecular weight excluding hydrogens is 292 g/mol. The lowest BCUT2D eigenvalue weighted by molar-refractivity contribution is -0.149. The smallest absolute Gasteiger partial charge is 0.310 e. The Balaban J connectivity index is 2.95. The molecule has 6 nitrogen and oxygen atoms in total. The fraction of sp³-hybridized carbons (Fsp3) is 0.429. The van der Waals surface area contributed by atoms with Crippen molar-refractivity contribution in [2.24, 2.45) is 5.41 Å². The second-order valence-electron chi connectivity index (χ2n) is 4.75. The van der Waals surface area contributed by atoms with Gasteiger partial charge in [0.1, 0.15) is 0 Å². The van der Waals surface area contributed by atoms with Crippen molar-refractivity contribution in [3.05, 3.63) is 29.8 Å². The van der Waals surface area contributed by atoms with E-state index in [1.54, 1.807) is 13.8 Å². The van der Waals surface area contributed by atoms with Gasteiger partial charge in [-0.2, -0.15) is 5.26 Å². The first-order valence-electron chi connectivity index (χ1n) is 6.54. The van der Waals surface area contributed by atoms with Gasteiger partial charge in [-0.3, -0.25) is 4.79 Å². The van der Waals surface area contributed by atoms with Crippen molar-refractivity contribution in [2.75, 3.05) is 6.54 Å². The number of carbonyl (C=O) groups is 1. The molecule has 1 aromatic carbocycles. The molecule has 7 heteroatoms. The SMILES string of the molecule is CCC(CC)(CNS(=O)(=O)c1ccc(C#N)cc1)C(=O)O. The molecule has 114 valence electrons. The maximum Gasteiger partial charge on any atom is 0.310 e. The minimum Gasteiger partial charge on any atom is -0.481 e. The van der Waals surface area contributed by atoms with Gasteiger partial charge in [-0.1, -0.05) is 13.8 Å². The molecule has 0 aliphatic carbocycles. The summed E-state index contributed by atoms with van der Waals surface area (Å²) in [5, 5.41) is 18.0. The van der Waals surface area contributed by atoms with Crippen LogP contribution in [0.25, 0.3) is 0 Å². The van der Waals surface area contributed by atoms with Crippen molar-refractivity contribution in [1.82, 2.24) is 4.72 Å². The molecular formula is C14H18N2O4S. The Labute approximate surface area is 124 Å². The molecule has 0 saturated heterocycles. The lowest BCUT2D eigenvalue weighted by Crippen LogP contribution is -2.42. The molecule has 0 aliphatic rings. The molecule has 0 aliphatic heterocycles. The molecule has 0 saturated carbocycles. The highest BCUT2D eigenvalue weighted by atomic mass is 32.2. The van der Waals surface area contributed by atoms with E-state index in [-0.39, 0.29) is 11.4 Å². The fourth-order valence-corrected chi connectivity index (χ4v) is 3.03. The molecule has 0 fully saturated rings. The third-order valence-corrected chi connectivity index (χ3v) is 5.12. The van der Waals surface area contributed by atoms with Crippen LogP contribution in [-0.4, -0.2) is 26.0 Å². The van der Waals surface area contributed by atoms with Gasteiger partial charge in [-0.25, -0.2) is 13.1 Å². The molecule has 1 rings (SSSR count). The van der Waals surface area contributed by atoms with E-state index in [0.29, 0.717) is 18.4 Å². The van der Waals surface area contributed by atoms with Crippen molar-refractivity contribution >= 4 is 16.0 Å². The summed E-state index contributed by atoms with van der Waals surface area (Å²) in [7, 11) is -3.79. The Hall–Kier alpha value is -1.91. The molecule has 0 heterocycles. The van der Waals surface area contributed by atoms with Crippen molar-refractivity contribution in [2.45, 2.75) is 31.6 Å². The number of hydrogen-bond donors (Lipinski definition) is 2. The van der Waals surface area contributed by atoms with Crippen molar-refractivity contribution in [3.8, 4) is 6.07 Å². The molecule has 21 heavy (non-hydrogen) atoms. The van der Waals surface area contributed by atoms with Gasteiger partial charge in [0.25, 0.3) is 0 Å². The Morgan fingerprint density at radius 2 is 1.81 bits per heavy atom. The van der Waals surface area contributed by atoms with Crippen LogP contribution in [0.4, 0.5) is 0 Å². The molecule has 2 N–H and O–H groups in total. The predicted molar refractivity (Wildman–Crippen MR) is 77.0 cm³/mol. The maximum atomic E-state index is 12.1. The summed E-state index contributed by atoms with van der Waals surface area (Å²) in [4.78, 5) is 11.4. The summed E-state index contributed by atoms with van der Waals surface area (Å²) in [6, 6.07) is 7.35.